The third-order valence-electron chi connectivity index (χ3n) is 3.11. The monoisotopic (exact) mass is 315 g/mol. The van der Waals surface area contributed by atoms with Crippen LogP contribution >= 0.6 is 7.60 Å². The van der Waals surface area contributed by atoms with Crippen LogP contribution < -0.4 is 5.30 Å². The maximum absolute atomic E-state index is 12.7. The van der Waals surface area contributed by atoms with E-state index in [0.29, 0.717) is 24.1 Å². The standard InChI is InChI=1S/C17H18NO3P/c1-3-20-22(19,21-4-2)17-10-8-15(9-11-17)16-7-5-6-14(12-16)13-18/h5-12H,3-4H2,1-2H3. The predicted octanol–water partition coefficient (Wildman–Crippen LogP) is 4.12. The Balaban J connectivity index is 2.33. The second-order valence-corrected chi connectivity index (χ2v) is 6.60. The van der Waals surface area contributed by atoms with E-state index in [1.54, 1.807) is 32.0 Å². The zero-order valence-corrected chi connectivity index (χ0v) is 13.5. The summed E-state index contributed by atoms with van der Waals surface area (Å²) in [7, 11) is -3.25. The summed E-state index contributed by atoms with van der Waals surface area (Å²) in [5, 5.41) is 9.50. The highest BCUT2D eigenvalue weighted by Gasteiger charge is 2.26. The number of nitriles is 1. The van der Waals surface area contributed by atoms with E-state index >= 15 is 0 Å². The SMILES string of the molecule is CCOP(=O)(OCC)c1ccc(-c2cccc(C#N)c2)cc1. The smallest absolute Gasteiger partial charge is 0.305 e. The van der Waals surface area contributed by atoms with Crippen LogP contribution in [0.1, 0.15) is 19.4 Å². The van der Waals surface area contributed by atoms with Crippen LogP contribution in [0, 0.1) is 11.3 Å². The van der Waals surface area contributed by atoms with Gasteiger partial charge in [0.1, 0.15) is 0 Å². The van der Waals surface area contributed by atoms with Gasteiger partial charge in [-0.1, -0.05) is 24.3 Å². The van der Waals surface area contributed by atoms with Crippen molar-refractivity contribution in [2.45, 2.75) is 13.8 Å². The van der Waals surface area contributed by atoms with Gasteiger partial charge in [0.05, 0.1) is 30.2 Å². The highest BCUT2D eigenvalue weighted by atomic mass is 31.2. The molecule has 0 amide bonds. The lowest BCUT2D eigenvalue weighted by Gasteiger charge is -2.17. The molecule has 0 saturated heterocycles. The van der Waals surface area contributed by atoms with Gasteiger partial charge < -0.3 is 9.05 Å². The summed E-state index contributed by atoms with van der Waals surface area (Å²) in [5.74, 6) is 0. The molecule has 0 aliphatic rings. The maximum atomic E-state index is 12.7. The molecule has 0 N–H and O–H groups in total. The van der Waals surface area contributed by atoms with Gasteiger partial charge in [0.15, 0.2) is 0 Å². The van der Waals surface area contributed by atoms with Gasteiger partial charge in [-0.25, -0.2) is 0 Å². The van der Waals surface area contributed by atoms with E-state index in [2.05, 4.69) is 6.07 Å². The van der Waals surface area contributed by atoms with Crippen molar-refractivity contribution < 1.29 is 13.6 Å². The van der Waals surface area contributed by atoms with Crippen molar-refractivity contribution in [3.8, 4) is 17.2 Å². The summed E-state index contributed by atoms with van der Waals surface area (Å²) in [6, 6.07) is 16.7. The molecule has 0 heterocycles. The Morgan fingerprint density at radius 2 is 1.64 bits per heavy atom. The lowest BCUT2D eigenvalue weighted by Crippen LogP contribution is -2.10. The molecule has 2 aromatic rings. The van der Waals surface area contributed by atoms with Crippen molar-refractivity contribution in [3.63, 3.8) is 0 Å². The minimum absolute atomic E-state index is 0.323. The zero-order chi connectivity index (χ0) is 16.0. The quantitative estimate of drug-likeness (QED) is 0.752. The van der Waals surface area contributed by atoms with Gasteiger partial charge in [-0.3, -0.25) is 4.57 Å². The minimum atomic E-state index is -3.25. The van der Waals surface area contributed by atoms with Crippen molar-refractivity contribution in [2.24, 2.45) is 0 Å². The largest absolute Gasteiger partial charge is 0.361 e. The van der Waals surface area contributed by atoms with Gasteiger partial charge >= 0.3 is 7.60 Å². The van der Waals surface area contributed by atoms with Gasteiger partial charge in [-0.15, -0.1) is 0 Å². The molecule has 0 fully saturated rings. The van der Waals surface area contributed by atoms with Crippen LogP contribution in [-0.4, -0.2) is 13.2 Å². The zero-order valence-electron chi connectivity index (χ0n) is 12.7. The van der Waals surface area contributed by atoms with Crippen LogP contribution in [-0.2, 0) is 13.6 Å². The molecule has 0 spiro atoms. The normalized spacial score (nSPS) is 11.1. The molecule has 22 heavy (non-hydrogen) atoms. The Morgan fingerprint density at radius 3 is 2.18 bits per heavy atom. The average molecular weight is 315 g/mol. The summed E-state index contributed by atoms with van der Waals surface area (Å²) in [5.41, 5.74) is 2.49. The van der Waals surface area contributed by atoms with Gasteiger partial charge in [0, 0.05) is 0 Å². The lowest BCUT2D eigenvalue weighted by atomic mass is 10.0. The van der Waals surface area contributed by atoms with E-state index in [1.807, 2.05) is 30.3 Å². The highest BCUT2D eigenvalue weighted by Crippen LogP contribution is 2.46. The Morgan fingerprint density at radius 1 is 1.00 bits per heavy atom. The molecule has 2 aromatic carbocycles. The van der Waals surface area contributed by atoms with E-state index in [9.17, 15) is 4.57 Å². The van der Waals surface area contributed by atoms with Crippen LogP contribution in [0.2, 0.25) is 0 Å². The summed E-state index contributed by atoms with van der Waals surface area (Å²) in [6.07, 6.45) is 0. The van der Waals surface area contributed by atoms with Crippen LogP contribution in [0.5, 0.6) is 0 Å². The topological polar surface area (TPSA) is 59.3 Å². The molecule has 114 valence electrons. The maximum Gasteiger partial charge on any atom is 0.361 e. The highest BCUT2D eigenvalue weighted by molar-refractivity contribution is 7.62. The summed E-state index contributed by atoms with van der Waals surface area (Å²) in [4.78, 5) is 0. The number of nitrogens with zero attached hydrogens (tertiary/aromatic N) is 1. The first-order valence-corrected chi connectivity index (χ1v) is 8.67. The Kier molecular flexibility index (Phi) is 5.51. The molecule has 0 atom stereocenters. The molecule has 0 unspecified atom stereocenters. The Hall–Kier alpha value is -1.92. The molecule has 0 aliphatic carbocycles. The summed E-state index contributed by atoms with van der Waals surface area (Å²) < 4.78 is 23.3. The van der Waals surface area contributed by atoms with Crippen molar-refractivity contribution in [1.29, 1.82) is 5.26 Å². The van der Waals surface area contributed by atoms with Crippen molar-refractivity contribution >= 4 is 12.9 Å². The second-order valence-electron chi connectivity index (χ2n) is 4.57. The molecule has 5 heteroatoms. The molecule has 2 rings (SSSR count). The second kappa shape index (κ2) is 7.38. The number of hydrogen-bond acceptors (Lipinski definition) is 4. The van der Waals surface area contributed by atoms with Gasteiger partial charge in [0.2, 0.25) is 0 Å². The van der Waals surface area contributed by atoms with Gasteiger partial charge in [-0.05, 0) is 49.2 Å². The van der Waals surface area contributed by atoms with Crippen molar-refractivity contribution in [2.75, 3.05) is 13.2 Å². The molecule has 4 nitrogen and oxygen atoms in total. The summed E-state index contributed by atoms with van der Waals surface area (Å²) >= 11 is 0. The van der Waals surface area contributed by atoms with Crippen LogP contribution in [0.15, 0.2) is 48.5 Å². The first-order valence-electron chi connectivity index (χ1n) is 7.13. The summed E-state index contributed by atoms with van der Waals surface area (Å²) in [6.45, 7) is 4.22. The van der Waals surface area contributed by atoms with E-state index in [4.69, 9.17) is 14.3 Å². The molecule has 0 saturated carbocycles. The number of hydrogen-bond donors (Lipinski definition) is 0. The third kappa shape index (κ3) is 3.64. The van der Waals surface area contributed by atoms with Gasteiger partial charge in [0.25, 0.3) is 0 Å². The third-order valence-corrected chi connectivity index (χ3v) is 5.23. The van der Waals surface area contributed by atoms with Crippen LogP contribution in [0.4, 0.5) is 0 Å². The average Bonchev–Trinajstić information content (AvgIpc) is 2.55. The molecular formula is C17H18NO3P. The molecule has 0 bridgehead atoms. The molecule has 0 radical (unpaired) electrons. The first kappa shape index (κ1) is 16.5. The minimum Gasteiger partial charge on any atom is -0.305 e. The van der Waals surface area contributed by atoms with Crippen LogP contribution in [0.3, 0.4) is 0 Å². The molecule has 0 aliphatic heterocycles. The van der Waals surface area contributed by atoms with E-state index in [1.165, 1.54) is 0 Å². The van der Waals surface area contributed by atoms with Crippen molar-refractivity contribution in [1.82, 2.24) is 0 Å². The van der Waals surface area contributed by atoms with Crippen molar-refractivity contribution in [3.05, 3.63) is 54.1 Å². The fraction of sp³-hybridized carbons (Fsp3) is 0.235. The van der Waals surface area contributed by atoms with E-state index in [0.717, 1.165) is 11.1 Å². The lowest BCUT2D eigenvalue weighted by molar-refractivity contribution is 0.230. The predicted molar refractivity (Wildman–Crippen MR) is 87.1 cm³/mol. The van der Waals surface area contributed by atoms with E-state index in [-0.39, 0.29) is 0 Å². The fourth-order valence-corrected chi connectivity index (χ4v) is 3.70. The number of rotatable bonds is 6. The Labute approximate surface area is 130 Å². The van der Waals surface area contributed by atoms with Crippen LogP contribution in [0.25, 0.3) is 11.1 Å². The van der Waals surface area contributed by atoms with E-state index < -0.39 is 7.60 Å². The first-order chi connectivity index (χ1) is 10.6. The van der Waals surface area contributed by atoms with Gasteiger partial charge in [-0.2, -0.15) is 5.26 Å². The Bertz CT molecular complexity index is 709. The molecular weight excluding hydrogens is 297 g/mol. The fourth-order valence-electron chi connectivity index (χ4n) is 2.13. The molecule has 0 aromatic heterocycles. The number of benzene rings is 2.